The molecule has 1 aliphatic heterocycles. The molecule has 1 aliphatic rings. The Bertz CT molecular complexity index is 855. The summed E-state index contributed by atoms with van der Waals surface area (Å²) in [5.41, 5.74) is 4.52. The Morgan fingerprint density at radius 3 is 2.45 bits per heavy atom. The third-order valence-corrected chi connectivity index (χ3v) is 4.67. The first-order valence-electron chi connectivity index (χ1n) is 9.18. The van der Waals surface area contributed by atoms with Crippen LogP contribution in [-0.2, 0) is 14.3 Å². The molecule has 176 valence electrons. The van der Waals surface area contributed by atoms with Crippen LogP contribution in [0.15, 0.2) is 17.1 Å². The molecule has 0 spiro atoms. The molecule has 0 radical (unpaired) electrons. The molecule has 0 bridgehead atoms. The average molecular weight is 470 g/mol. The lowest BCUT2D eigenvalue weighted by Crippen LogP contribution is -2.50. The van der Waals surface area contributed by atoms with Gasteiger partial charge in [0, 0.05) is 6.20 Å². The number of nitrogens with one attached hydrogen (secondary N) is 2. The summed E-state index contributed by atoms with van der Waals surface area (Å²) >= 11 is 0. The van der Waals surface area contributed by atoms with E-state index in [9.17, 15) is 28.3 Å². The van der Waals surface area contributed by atoms with E-state index in [2.05, 4.69) is 15.6 Å². The predicted molar refractivity (Wildman–Crippen MR) is 107 cm³/mol. The van der Waals surface area contributed by atoms with E-state index in [1.54, 1.807) is 13.8 Å². The summed E-state index contributed by atoms with van der Waals surface area (Å²) in [4.78, 5) is 39.8. The number of nitrogens with zero attached hydrogens (tertiary/aromatic N) is 2. The summed E-state index contributed by atoms with van der Waals surface area (Å²) in [6.07, 6.45) is -5.14. The van der Waals surface area contributed by atoms with Gasteiger partial charge in [-0.2, -0.15) is 13.8 Å². The molecule has 1 saturated heterocycles. The minimum absolute atomic E-state index is 0. The molecule has 31 heavy (non-hydrogen) atoms. The zero-order chi connectivity index (χ0) is 22.8. The summed E-state index contributed by atoms with van der Waals surface area (Å²) in [5, 5.41) is 23.3. The third-order valence-electron chi connectivity index (χ3n) is 4.67. The molecular formula is C17H26ClF2N5O6. The van der Waals surface area contributed by atoms with Crippen molar-refractivity contribution in [3.05, 3.63) is 22.7 Å². The van der Waals surface area contributed by atoms with Crippen molar-refractivity contribution in [3.63, 3.8) is 0 Å². The normalized spacial score (nSPS) is 24.2. The number of amides is 2. The minimum Gasteiger partial charge on any atom is -0.394 e. The first kappa shape index (κ1) is 26.8. The van der Waals surface area contributed by atoms with Crippen LogP contribution < -0.4 is 22.1 Å². The van der Waals surface area contributed by atoms with Crippen molar-refractivity contribution in [2.24, 2.45) is 11.7 Å². The van der Waals surface area contributed by atoms with Crippen LogP contribution in [0.5, 0.6) is 0 Å². The molecule has 2 amide bonds. The Labute approximate surface area is 182 Å². The Balaban J connectivity index is 0.00000480. The number of anilines is 1. The zero-order valence-electron chi connectivity index (χ0n) is 17.0. The van der Waals surface area contributed by atoms with Gasteiger partial charge in [0.1, 0.15) is 18.0 Å². The number of carbonyl (C=O) groups is 2. The van der Waals surface area contributed by atoms with Crippen molar-refractivity contribution in [3.8, 4) is 0 Å². The lowest BCUT2D eigenvalue weighted by molar-refractivity contribution is -0.141. The fourth-order valence-corrected chi connectivity index (χ4v) is 2.69. The molecule has 1 aromatic rings. The number of carbonyl (C=O) groups excluding carboxylic acids is 2. The van der Waals surface area contributed by atoms with Gasteiger partial charge in [0.25, 0.3) is 0 Å². The highest BCUT2D eigenvalue weighted by Crippen LogP contribution is 2.41. The van der Waals surface area contributed by atoms with E-state index in [0.29, 0.717) is 4.57 Å². The molecule has 2 heterocycles. The molecule has 14 heteroatoms. The number of aliphatic hydroxyl groups is 2. The van der Waals surface area contributed by atoms with Gasteiger partial charge in [0.05, 0.1) is 12.6 Å². The Morgan fingerprint density at radius 2 is 1.97 bits per heavy atom. The van der Waals surface area contributed by atoms with E-state index in [1.807, 2.05) is 0 Å². The van der Waals surface area contributed by atoms with Crippen molar-refractivity contribution >= 4 is 30.0 Å². The molecule has 6 N–H and O–H groups in total. The van der Waals surface area contributed by atoms with Gasteiger partial charge >= 0.3 is 11.6 Å². The van der Waals surface area contributed by atoms with Gasteiger partial charge in [-0.1, -0.05) is 13.8 Å². The summed E-state index contributed by atoms with van der Waals surface area (Å²) < 4.78 is 33.7. The number of hydrogen-bond acceptors (Lipinski definition) is 8. The fourth-order valence-electron chi connectivity index (χ4n) is 2.69. The molecular weight excluding hydrogens is 444 g/mol. The second kappa shape index (κ2) is 10.4. The summed E-state index contributed by atoms with van der Waals surface area (Å²) in [6.45, 7) is 4.01. The molecule has 5 atom stereocenters. The number of rotatable bonds is 7. The van der Waals surface area contributed by atoms with E-state index >= 15 is 0 Å². The van der Waals surface area contributed by atoms with Crippen molar-refractivity contribution in [2.75, 3.05) is 11.9 Å². The van der Waals surface area contributed by atoms with Crippen LogP contribution in [0, 0.1) is 5.92 Å². The van der Waals surface area contributed by atoms with E-state index in [0.717, 1.165) is 12.3 Å². The summed E-state index contributed by atoms with van der Waals surface area (Å²) in [7, 11) is 0. The van der Waals surface area contributed by atoms with Crippen LogP contribution in [0.25, 0.3) is 0 Å². The van der Waals surface area contributed by atoms with Crippen molar-refractivity contribution in [2.45, 2.75) is 57.2 Å². The number of aliphatic hydroxyl groups excluding tert-OH is 2. The number of aromatic nitrogens is 2. The van der Waals surface area contributed by atoms with Crippen molar-refractivity contribution in [1.29, 1.82) is 0 Å². The van der Waals surface area contributed by atoms with Gasteiger partial charge in [-0.15, -0.1) is 12.4 Å². The summed E-state index contributed by atoms with van der Waals surface area (Å²) in [6, 6.07) is -0.742. The molecule has 0 aromatic carbocycles. The highest BCUT2D eigenvalue weighted by atomic mass is 35.5. The van der Waals surface area contributed by atoms with Gasteiger partial charge in [0.15, 0.2) is 6.10 Å². The monoisotopic (exact) mass is 469 g/mol. The lowest BCUT2D eigenvalue weighted by Gasteiger charge is -2.21. The van der Waals surface area contributed by atoms with Gasteiger partial charge in [0.2, 0.25) is 18.0 Å². The second-order valence-corrected chi connectivity index (χ2v) is 7.32. The van der Waals surface area contributed by atoms with Crippen LogP contribution in [0.3, 0.4) is 0 Å². The van der Waals surface area contributed by atoms with Gasteiger partial charge in [-0.25, -0.2) is 4.79 Å². The quantitative estimate of drug-likeness (QED) is 0.338. The van der Waals surface area contributed by atoms with Crippen LogP contribution in [0.1, 0.15) is 27.0 Å². The van der Waals surface area contributed by atoms with E-state index in [1.165, 1.54) is 6.92 Å². The molecule has 0 saturated carbocycles. The summed E-state index contributed by atoms with van der Waals surface area (Å²) in [5.74, 6) is -5.47. The molecule has 1 fully saturated rings. The topological polar surface area (TPSA) is 169 Å². The first-order chi connectivity index (χ1) is 13.9. The Morgan fingerprint density at radius 1 is 1.35 bits per heavy atom. The molecule has 1 aromatic heterocycles. The zero-order valence-corrected chi connectivity index (χ0v) is 17.8. The van der Waals surface area contributed by atoms with Crippen LogP contribution in [-0.4, -0.2) is 68.4 Å². The number of halogens is 3. The third kappa shape index (κ3) is 5.74. The first-order valence-corrected chi connectivity index (χ1v) is 9.18. The van der Waals surface area contributed by atoms with Crippen LogP contribution >= 0.6 is 12.4 Å². The van der Waals surface area contributed by atoms with Crippen molar-refractivity contribution in [1.82, 2.24) is 14.9 Å². The number of hydrogen-bond donors (Lipinski definition) is 5. The van der Waals surface area contributed by atoms with E-state index in [-0.39, 0.29) is 24.1 Å². The number of alkyl halides is 2. The molecule has 0 unspecified atom stereocenters. The van der Waals surface area contributed by atoms with Gasteiger partial charge in [-0.05, 0) is 18.9 Å². The Kier molecular flexibility index (Phi) is 9.02. The van der Waals surface area contributed by atoms with Crippen LogP contribution in [0.2, 0.25) is 0 Å². The smallest absolute Gasteiger partial charge is 0.351 e. The van der Waals surface area contributed by atoms with E-state index < -0.39 is 60.6 Å². The number of ether oxygens (including phenoxy) is 1. The highest BCUT2D eigenvalue weighted by molar-refractivity contribution is 5.96. The lowest BCUT2D eigenvalue weighted by atomic mass is 10.0. The van der Waals surface area contributed by atoms with E-state index in [4.69, 9.17) is 15.6 Å². The largest absolute Gasteiger partial charge is 0.394 e. The predicted octanol–water partition coefficient (Wildman–Crippen LogP) is -1.02. The molecule has 11 nitrogen and oxygen atoms in total. The molecule has 0 aliphatic carbocycles. The maximum atomic E-state index is 14.2. The SMILES string of the molecule is CC(C)[C@H](N)C(=O)N[C@@H](C)C(=O)Nc1ccn([C@@H]2O[C@H](CO)[C@@H](O)C2(F)F)c(=O)n1.Cl. The Hall–Kier alpha value is -2.19. The minimum atomic E-state index is -3.85. The maximum absolute atomic E-state index is 14.2. The second-order valence-electron chi connectivity index (χ2n) is 7.32. The number of nitrogens with two attached hydrogens (primary N) is 1. The van der Waals surface area contributed by atoms with Gasteiger partial charge < -0.3 is 31.3 Å². The molecule has 2 rings (SSSR count). The maximum Gasteiger partial charge on any atom is 0.351 e. The van der Waals surface area contributed by atoms with Gasteiger partial charge in [-0.3, -0.25) is 14.2 Å². The van der Waals surface area contributed by atoms with Crippen LogP contribution in [0.4, 0.5) is 14.6 Å². The highest BCUT2D eigenvalue weighted by Gasteiger charge is 2.59. The average Bonchev–Trinajstić information content (AvgIpc) is 2.90. The fraction of sp³-hybridized carbons (Fsp3) is 0.647. The standard InChI is InChI=1S/C17H25F2N5O6.ClH/c1-7(2)11(20)14(28)21-8(3)13(27)22-10-4-5-24(16(29)23-10)15-17(18,19)12(26)9(6-25)30-15;/h4-5,7-9,11-12,15,25-26H,6,20H2,1-3H3,(H,21,28)(H,22,23,27,29);1H/t8-,9+,11-,12+,15+;/m0./s1. The van der Waals surface area contributed by atoms with Crippen molar-refractivity contribution < 1.29 is 33.3 Å².